The first-order chi connectivity index (χ1) is 13.8. The molecule has 3 aromatic rings. The largest absolute Gasteiger partial charge is 0.454 e. The van der Waals surface area contributed by atoms with Gasteiger partial charge in [-0.3, -0.25) is 0 Å². The molecule has 3 aliphatic heterocycles. The molecule has 6 rings (SSSR count). The lowest BCUT2D eigenvalue weighted by Crippen LogP contribution is -2.29. The molecule has 0 radical (unpaired) electrons. The summed E-state index contributed by atoms with van der Waals surface area (Å²) in [6.45, 7) is 0.446. The smallest absolute Gasteiger partial charge is 0.231 e. The van der Waals surface area contributed by atoms with Crippen LogP contribution in [0.25, 0.3) is 21.9 Å². The van der Waals surface area contributed by atoms with Crippen LogP contribution >= 0.6 is 0 Å². The third-order valence-corrected chi connectivity index (χ3v) is 5.83. The zero-order chi connectivity index (χ0) is 18.8. The maximum Gasteiger partial charge on any atom is 0.231 e. The second kappa shape index (κ2) is 5.55. The lowest BCUT2D eigenvalue weighted by atomic mass is 9.84. The number of hydrogen-bond acceptors (Lipinski definition) is 6. The average molecular weight is 375 g/mol. The molecule has 0 aliphatic carbocycles. The minimum absolute atomic E-state index is 0.132. The van der Waals surface area contributed by atoms with Gasteiger partial charge in [0.05, 0.1) is 11.7 Å². The zero-order valence-corrected chi connectivity index (χ0v) is 15.2. The van der Waals surface area contributed by atoms with Crippen molar-refractivity contribution in [1.82, 2.24) is 0 Å². The Kier molecular flexibility index (Phi) is 3.10. The highest BCUT2D eigenvalue weighted by Crippen LogP contribution is 2.54. The number of benzene rings is 3. The highest BCUT2D eigenvalue weighted by molar-refractivity contribution is 6.05. The molecule has 6 heteroatoms. The molecule has 0 unspecified atom stereocenters. The van der Waals surface area contributed by atoms with Gasteiger partial charge in [-0.2, -0.15) is 0 Å². The molecule has 0 fully saturated rings. The minimum atomic E-state index is -0.132. The Morgan fingerprint density at radius 2 is 1.71 bits per heavy atom. The van der Waals surface area contributed by atoms with Crippen LogP contribution in [0.2, 0.25) is 0 Å². The van der Waals surface area contributed by atoms with Gasteiger partial charge in [-0.05, 0) is 35.2 Å². The van der Waals surface area contributed by atoms with Crippen LogP contribution in [-0.4, -0.2) is 26.9 Å². The molecule has 3 heterocycles. The van der Waals surface area contributed by atoms with Crippen LogP contribution in [0.5, 0.6) is 23.0 Å². The molecular formula is C22H17NO5. The predicted molar refractivity (Wildman–Crippen MR) is 103 cm³/mol. The monoisotopic (exact) mass is 375 g/mol. The molecule has 0 saturated heterocycles. The maximum absolute atomic E-state index is 11.5. The fraction of sp³-hybridized carbons (Fsp3) is 0.227. The second-order valence-electron chi connectivity index (χ2n) is 7.18. The molecule has 3 aliphatic rings. The number of ether oxygens (including phenoxy) is 4. The Hall–Kier alpha value is -3.41. The fourth-order valence-electron chi connectivity index (χ4n) is 4.57. The molecule has 0 N–H and O–H groups in total. The maximum atomic E-state index is 11.5. The van der Waals surface area contributed by atoms with Gasteiger partial charge < -0.3 is 28.6 Å². The summed E-state index contributed by atoms with van der Waals surface area (Å²) >= 11 is 0. The van der Waals surface area contributed by atoms with Gasteiger partial charge in [0, 0.05) is 30.0 Å². The molecule has 0 spiro atoms. The predicted octanol–water partition coefficient (Wildman–Crippen LogP) is 4.04. The summed E-state index contributed by atoms with van der Waals surface area (Å²) in [6, 6.07) is 12.1. The molecular weight excluding hydrogens is 358 g/mol. The fourth-order valence-corrected chi connectivity index (χ4v) is 4.57. The Bertz CT molecular complexity index is 1160. The van der Waals surface area contributed by atoms with E-state index >= 15 is 0 Å². The van der Waals surface area contributed by atoms with Crippen molar-refractivity contribution in [3.8, 4) is 34.1 Å². The van der Waals surface area contributed by atoms with Gasteiger partial charge in [-0.15, -0.1) is 0 Å². The molecule has 0 aromatic heterocycles. The third kappa shape index (κ3) is 1.94. The molecule has 140 valence electrons. The number of carbonyl (C=O) groups excluding carboxylic acids is 1. The third-order valence-electron chi connectivity index (χ3n) is 5.83. The zero-order valence-electron chi connectivity index (χ0n) is 15.2. The van der Waals surface area contributed by atoms with E-state index in [1.807, 2.05) is 25.2 Å². The summed E-state index contributed by atoms with van der Waals surface area (Å²) < 4.78 is 22.5. The number of aldehydes is 1. The number of rotatable bonds is 2. The van der Waals surface area contributed by atoms with Gasteiger partial charge in [0.25, 0.3) is 0 Å². The summed E-state index contributed by atoms with van der Waals surface area (Å²) in [5.41, 5.74) is 4.26. The van der Waals surface area contributed by atoms with E-state index in [0.29, 0.717) is 6.42 Å². The highest BCUT2D eigenvalue weighted by atomic mass is 16.7. The van der Waals surface area contributed by atoms with Crippen molar-refractivity contribution in [2.75, 3.05) is 25.5 Å². The summed E-state index contributed by atoms with van der Waals surface area (Å²) in [6.07, 6.45) is 1.33. The van der Waals surface area contributed by atoms with Gasteiger partial charge in [-0.1, -0.05) is 12.1 Å². The summed E-state index contributed by atoms with van der Waals surface area (Å²) in [5.74, 6) is 2.99. The van der Waals surface area contributed by atoms with Crippen LogP contribution in [0.15, 0.2) is 36.4 Å². The quantitative estimate of drug-likeness (QED) is 0.630. The van der Waals surface area contributed by atoms with Crippen molar-refractivity contribution in [3.05, 3.63) is 42.0 Å². The van der Waals surface area contributed by atoms with E-state index in [2.05, 4.69) is 23.1 Å². The highest BCUT2D eigenvalue weighted by Gasteiger charge is 2.35. The van der Waals surface area contributed by atoms with Crippen molar-refractivity contribution in [1.29, 1.82) is 0 Å². The standard InChI is InChI=1S/C22H17NO5/c1-23-16(6-7-24)20-13(4-5-17-22(20)28-11-25-17)14-3-2-12-8-18-19(27-10-26-18)9-15(12)21(14)23/h2-5,7-9,16H,6,10-11H2,1H3/t16-/m0/s1. The van der Waals surface area contributed by atoms with E-state index in [4.69, 9.17) is 18.9 Å². The summed E-state index contributed by atoms with van der Waals surface area (Å²) in [5, 5.41) is 2.15. The van der Waals surface area contributed by atoms with E-state index in [9.17, 15) is 4.79 Å². The van der Waals surface area contributed by atoms with Crippen LogP contribution in [0.3, 0.4) is 0 Å². The Morgan fingerprint density at radius 1 is 0.964 bits per heavy atom. The second-order valence-corrected chi connectivity index (χ2v) is 7.18. The normalized spacial score (nSPS) is 18.2. The molecule has 0 amide bonds. The SMILES string of the molecule is CN1c2c(ccc3cc4c(cc23)OCO4)-c2ccc3c(c2[C@@H]1CC=O)OCO3. The van der Waals surface area contributed by atoms with Gasteiger partial charge in [0.1, 0.15) is 6.29 Å². The van der Waals surface area contributed by atoms with Crippen LogP contribution in [-0.2, 0) is 4.79 Å². The Labute approximate surface area is 161 Å². The topological polar surface area (TPSA) is 57.2 Å². The number of carbonyl (C=O) groups is 1. The van der Waals surface area contributed by atoms with Crippen molar-refractivity contribution in [2.24, 2.45) is 0 Å². The van der Waals surface area contributed by atoms with E-state index in [1.54, 1.807) is 0 Å². The van der Waals surface area contributed by atoms with E-state index in [1.165, 1.54) is 0 Å². The van der Waals surface area contributed by atoms with Gasteiger partial charge >= 0.3 is 0 Å². The first-order valence-corrected chi connectivity index (χ1v) is 9.22. The van der Waals surface area contributed by atoms with Crippen LogP contribution < -0.4 is 23.8 Å². The average Bonchev–Trinajstić information content (AvgIpc) is 3.36. The lowest BCUT2D eigenvalue weighted by molar-refractivity contribution is -0.108. The van der Waals surface area contributed by atoms with Gasteiger partial charge in [0.2, 0.25) is 13.6 Å². The molecule has 0 saturated carbocycles. The van der Waals surface area contributed by atoms with Crippen molar-refractivity contribution in [3.63, 3.8) is 0 Å². The first-order valence-electron chi connectivity index (χ1n) is 9.22. The van der Waals surface area contributed by atoms with E-state index in [-0.39, 0.29) is 19.6 Å². The minimum Gasteiger partial charge on any atom is -0.454 e. The molecule has 6 nitrogen and oxygen atoms in total. The molecule has 0 bridgehead atoms. The van der Waals surface area contributed by atoms with E-state index < -0.39 is 0 Å². The number of hydrogen-bond donors (Lipinski definition) is 0. The molecule has 28 heavy (non-hydrogen) atoms. The van der Waals surface area contributed by atoms with Crippen LogP contribution in [0.1, 0.15) is 18.0 Å². The lowest BCUT2D eigenvalue weighted by Gasteiger charge is -2.38. The van der Waals surface area contributed by atoms with Crippen molar-refractivity contribution in [2.45, 2.75) is 12.5 Å². The number of fused-ring (bicyclic) bond motifs is 8. The molecule has 1 atom stereocenters. The Morgan fingerprint density at radius 3 is 2.57 bits per heavy atom. The van der Waals surface area contributed by atoms with E-state index in [0.717, 1.165) is 62.4 Å². The van der Waals surface area contributed by atoms with Crippen LogP contribution in [0.4, 0.5) is 5.69 Å². The Balaban J connectivity index is 1.68. The first kappa shape index (κ1) is 15.6. The van der Waals surface area contributed by atoms with Crippen molar-refractivity contribution < 1.29 is 23.7 Å². The summed E-state index contributed by atoms with van der Waals surface area (Å²) in [4.78, 5) is 13.7. The van der Waals surface area contributed by atoms with Gasteiger partial charge in [-0.25, -0.2) is 0 Å². The van der Waals surface area contributed by atoms with Crippen LogP contribution in [0, 0.1) is 0 Å². The summed E-state index contributed by atoms with van der Waals surface area (Å²) in [7, 11) is 2.02. The number of nitrogens with zero attached hydrogens (tertiary/aromatic N) is 1. The van der Waals surface area contributed by atoms with Crippen molar-refractivity contribution >= 4 is 22.7 Å². The molecule has 3 aromatic carbocycles. The van der Waals surface area contributed by atoms with Gasteiger partial charge in [0.15, 0.2) is 23.0 Å². The number of anilines is 1.